The van der Waals surface area contributed by atoms with Crippen molar-refractivity contribution in [2.75, 3.05) is 0 Å². The Morgan fingerprint density at radius 3 is 2.37 bits per heavy atom. The Balaban J connectivity index is 1.31. The van der Waals surface area contributed by atoms with E-state index in [0.29, 0.717) is 12.1 Å². The van der Waals surface area contributed by atoms with Crippen LogP contribution >= 0.6 is 0 Å². The van der Waals surface area contributed by atoms with Gasteiger partial charge in [0.05, 0.1) is 16.9 Å². The van der Waals surface area contributed by atoms with Crippen molar-refractivity contribution in [2.45, 2.75) is 76.8 Å². The summed E-state index contributed by atoms with van der Waals surface area (Å²) < 4.78 is 12.3. The molecule has 30 heavy (non-hydrogen) atoms. The van der Waals surface area contributed by atoms with Gasteiger partial charge in [0.15, 0.2) is 0 Å². The minimum absolute atomic E-state index is 0.330. The maximum absolute atomic E-state index is 6.17. The topological polar surface area (TPSA) is 34.6 Å². The molecule has 5 heteroatoms. The first-order chi connectivity index (χ1) is 14.3. The predicted molar refractivity (Wildman–Crippen MR) is 121 cm³/mol. The molecule has 0 saturated carbocycles. The van der Waals surface area contributed by atoms with Gasteiger partial charge in [0.1, 0.15) is 0 Å². The van der Waals surface area contributed by atoms with Gasteiger partial charge in [0.25, 0.3) is 0 Å². The third-order valence-electron chi connectivity index (χ3n) is 7.39. The second-order valence-electron chi connectivity index (χ2n) is 9.92. The molecule has 0 spiro atoms. The van der Waals surface area contributed by atoms with E-state index < -0.39 is 0 Å². The SMILES string of the molecule is CC1(C)OB(c2ccc(C3=CC4CCC(C3)N4Cc3ccccc3)nc2)OC1(C)C. The van der Waals surface area contributed by atoms with E-state index in [9.17, 15) is 0 Å². The van der Waals surface area contributed by atoms with Crippen molar-refractivity contribution in [2.24, 2.45) is 0 Å². The molecule has 2 unspecified atom stereocenters. The van der Waals surface area contributed by atoms with Crippen LogP contribution in [-0.2, 0) is 15.9 Å². The molecule has 0 amide bonds. The van der Waals surface area contributed by atoms with Gasteiger partial charge >= 0.3 is 7.12 Å². The van der Waals surface area contributed by atoms with Gasteiger partial charge in [0, 0.05) is 30.3 Å². The molecule has 0 aliphatic carbocycles. The minimum Gasteiger partial charge on any atom is -0.399 e. The summed E-state index contributed by atoms with van der Waals surface area (Å²) in [6.07, 6.45) is 7.96. The molecular weight excluding hydrogens is 371 g/mol. The second kappa shape index (κ2) is 7.33. The number of fused-ring (bicyclic) bond motifs is 2. The zero-order valence-electron chi connectivity index (χ0n) is 18.5. The largest absolute Gasteiger partial charge is 0.496 e. The van der Waals surface area contributed by atoms with Gasteiger partial charge in [-0.15, -0.1) is 0 Å². The Hall–Kier alpha value is -1.95. The van der Waals surface area contributed by atoms with E-state index >= 15 is 0 Å². The predicted octanol–water partition coefficient (Wildman–Crippen LogP) is 4.20. The summed E-state index contributed by atoms with van der Waals surface area (Å²) in [7, 11) is -0.352. The van der Waals surface area contributed by atoms with E-state index in [4.69, 9.17) is 14.3 Å². The van der Waals surface area contributed by atoms with Crippen molar-refractivity contribution in [3.8, 4) is 0 Å². The lowest BCUT2D eigenvalue weighted by Crippen LogP contribution is -2.41. The number of aromatic nitrogens is 1. The summed E-state index contributed by atoms with van der Waals surface area (Å²) in [5.74, 6) is 0. The second-order valence-corrected chi connectivity index (χ2v) is 9.92. The highest BCUT2D eigenvalue weighted by molar-refractivity contribution is 6.62. The number of nitrogens with zero attached hydrogens (tertiary/aromatic N) is 2. The van der Waals surface area contributed by atoms with E-state index in [1.807, 2.05) is 6.20 Å². The van der Waals surface area contributed by atoms with Crippen LogP contribution in [0.25, 0.3) is 5.57 Å². The highest BCUT2D eigenvalue weighted by atomic mass is 16.7. The molecule has 1 aromatic carbocycles. The Morgan fingerprint density at radius 2 is 1.73 bits per heavy atom. The van der Waals surface area contributed by atoms with E-state index in [2.05, 4.69) is 81.1 Å². The molecule has 5 rings (SSSR count). The van der Waals surface area contributed by atoms with Crippen LogP contribution in [0, 0.1) is 0 Å². The Kier molecular flexibility index (Phi) is 4.88. The summed E-state index contributed by atoms with van der Waals surface area (Å²) in [5.41, 5.74) is 4.20. The maximum atomic E-state index is 6.17. The molecule has 3 aliphatic heterocycles. The fourth-order valence-electron chi connectivity index (χ4n) is 4.86. The van der Waals surface area contributed by atoms with Gasteiger partial charge in [0.2, 0.25) is 0 Å². The number of hydrogen-bond acceptors (Lipinski definition) is 4. The summed E-state index contributed by atoms with van der Waals surface area (Å²) in [4.78, 5) is 7.47. The van der Waals surface area contributed by atoms with Crippen LogP contribution in [0.5, 0.6) is 0 Å². The van der Waals surface area contributed by atoms with Crippen LogP contribution in [-0.4, -0.2) is 40.3 Å². The van der Waals surface area contributed by atoms with Gasteiger partial charge in [-0.1, -0.05) is 42.5 Å². The molecule has 2 atom stereocenters. The highest BCUT2D eigenvalue weighted by Crippen LogP contribution is 2.39. The van der Waals surface area contributed by atoms with E-state index in [0.717, 1.165) is 24.1 Å². The number of hydrogen-bond donors (Lipinski definition) is 0. The van der Waals surface area contributed by atoms with Crippen LogP contribution in [0.15, 0.2) is 54.7 Å². The normalized spacial score (nSPS) is 27.3. The summed E-state index contributed by atoms with van der Waals surface area (Å²) in [6.45, 7) is 9.36. The molecule has 3 aliphatic rings. The quantitative estimate of drug-likeness (QED) is 0.718. The van der Waals surface area contributed by atoms with Crippen LogP contribution in [0.1, 0.15) is 58.2 Å². The van der Waals surface area contributed by atoms with Gasteiger partial charge < -0.3 is 9.31 Å². The molecular formula is C25H31BN2O2. The Bertz CT molecular complexity index is 923. The fourth-order valence-corrected chi connectivity index (χ4v) is 4.86. The van der Waals surface area contributed by atoms with Crippen molar-refractivity contribution < 1.29 is 9.31 Å². The van der Waals surface area contributed by atoms with Crippen molar-refractivity contribution in [1.29, 1.82) is 0 Å². The fraction of sp³-hybridized carbons (Fsp3) is 0.480. The zero-order chi connectivity index (χ0) is 20.9. The average molecular weight is 402 g/mol. The molecule has 0 radical (unpaired) electrons. The molecule has 156 valence electrons. The number of rotatable bonds is 4. The molecule has 2 aromatic rings. The van der Waals surface area contributed by atoms with Crippen LogP contribution in [0.4, 0.5) is 0 Å². The van der Waals surface area contributed by atoms with Gasteiger partial charge in [-0.2, -0.15) is 0 Å². The number of benzene rings is 1. The first-order valence-electron chi connectivity index (χ1n) is 11.1. The molecule has 4 nitrogen and oxygen atoms in total. The van der Waals surface area contributed by atoms with Gasteiger partial charge in [-0.25, -0.2) is 0 Å². The summed E-state index contributed by atoms with van der Waals surface area (Å²) in [5, 5.41) is 0. The van der Waals surface area contributed by atoms with Crippen molar-refractivity contribution in [3.05, 3.63) is 66.0 Å². The minimum atomic E-state index is -0.352. The third kappa shape index (κ3) is 3.53. The van der Waals surface area contributed by atoms with E-state index in [1.54, 1.807) is 0 Å². The molecule has 1 aromatic heterocycles. The summed E-state index contributed by atoms with van der Waals surface area (Å²) in [6, 6.07) is 16.2. The first kappa shape index (κ1) is 20.0. The first-order valence-corrected chi connectivity index (χ1v) is 11.1. The van der Waals surface area contributed by atoms with Gasteiger partial charge in [-0.05, 0) is 64.2 Å². The molecule has 2 bridgehead atoms. The van der Waals surface area contributed by atoms with Crippen LogP contribution < -0.4 is 5.46 Å². The van der Waals surface area contributed by atoms with E-state index in [-0.39, 0.29) is 18.3 Å². The Morgan fingerprint density at radius 1 is 1.00 bits per heavy atom. The third-order valence-corrected chi connectivity index (χ3v) is 7.39. The lowest BCUT2D eigenvalue weighted by Gasteiger charge is -2.34. The van der Waals surface area contributed by atoms with Crippen molar-refractivity contribution in [3.63, 3.8) is 0 Å². The smallest absolute Gasteiger partial charge is 0.399 e. The van der Waals surface area contributed by atoms with Crippen LogP contribution in [0.3, 0.4) is 0 Å². The van der Waals surface area contributed by atoms with Crippen molar-refractivity contribution in [1.82, 2.24) is 9.88 Å². The standard InChI is InChI=1S/C25H31BN2O2/c1-24(2)25(3,4)30-26(29-24)20-10-13-23(27-16-20)19-14-21-11-12-22(15-19)28(21)17-18-8-6-5-7-9-18/h5-10,13-14,16,21-22H,11-12,15,17H2,1-4H3. The zero-order valence-corrected chi connectivity index (χ0v) is 18.5. The molecule has 0 N–H and O–H groups in total. The number of pyridine rings is 1. The molecule has 2 saturated heterocycles. The van der Waals surface area contributed by atoms with Crippen LogP contribution in [0.2, 0.25) is 0 Å². The molecule has 4 heterocycles. The lowest BCUT2D eigenvalue weighted by molar-refractivity contribution is 0.00578. The Labute approximate surface area is 180 Å². The maximum Gasteiger partial charge on any atom is 0.496 e. The van der Waals surface area contributed by atoms with E-state index in [1.165, 1.54) is 24.0 Å². The van der Waals surface area contributed by atoms with Crippen molar-refractivity contribution >= 4 is 18.2 Å². The monoisotopic (exact) mass is 402 g/mol. The summed E-state index contributed by atoms with van der Waals surface area (Å²) >= 11 is 0. The highest BCUT2D eigenvalue weighted by Gasteiger charge is 2.51. The average Bonchev–Trinajstić information content (AvgIpc) is 3.08. The lowest BCUT2D eigenvalue weighted by atomic mass is 9.80. The van der Waals surface area contributed by atoms with Gasteiger partial charge in [-0.3, -0.25) is 9.88 Å². The molecule has 2 fully saturated rings.